The normalized spacial score (nSPS) is 17.9. The zero-order valence-electron chi connectivity index (χ0n) is 9.83. The number of aromatic nitrogens is 1. The van der Waals surface area contributed by atoms with Crippen molar-refractivity contribution in [3.05, 3.63) is 28.2 Å². The van der Waals surface area contributed by atoms with E-state index in [1.54, 1.807) is 0 Å². The maximum absolute atomic E-state index is 12.9. The van der Waals surface area contributed by atoms with Crippen LogP contribution in [0.1, 0.15) is 43.8 Å². The smallest absolute Gasteiger partial charge is 0.394 e. The molecule has 1 heterocycles. The molecular formula is C12H15F3N2O. The van der Waals surface area contributed by atoms with Crippen LogP contribution in [0, 0.1) is 0 Å². The molecule has 0 unspecified atom stereocenters. The van der Waals surface area contributed by atoms with E-state index < -0.39 is 17.4 Å². The number of rotatable bonds is 1. The van der Waals surface area contributed by atoms with Crippen LogP contribution in [0.5, 0.6) is 0 Å². The molecule has 2 N–H and O–H groups in total. The molecule has 100 valence electrons. The zero-order chi connectivity index (χ0) is 13.3. The van der Waals surface area contributed by atoms with E-state index in [2.05, 4.69) is 0 Å². The van der Waals surface area contributed by atoms with Gasteiger partial charge in [-0.05, 0) is 25.0 Å². The molecule has 1 aromatic rings. The van der Waals surface area contributed by atoms with Crippen molar-refractivity contribution in [1.82, 2.24) is 4.57 Å². The fourth-order valence-electron chi connectivity index (χ4n) is 2.50. The van der Waals surface area contributed by atoms with Crippen LogP contribution in [0.25, 0.3) is 0 Å². The number of pyridine rings is 1. The minimum atomic E-state index is -4.52. The Labute approximate surface area is 102 Å². The van der Waals surface area contributed by atoms with Crippen molar-refractivity contribution in [2.24, 2.45) is 0 Å². The van der Waals surface area contributed by atoms with E-state index in [1.807, 2.05) is 0 Å². The molecule has 0 bridgehead atoms. The highest BCUT2D eigenvalue weighted by Crippen LogP contribution is 2.34. The highest BCUT2D eigenvalue weighted by atomic mass is 19.4. The predicted octanol–water partition coefficient (Wildman–Crippen LogP) is 2.95. The molecule has 0 aliphatic heterocycles. The van der Waals surface area contributed by atoms with Crippen LogP contribution >= 0.6 is 0 Å². The number of nitrogen functional groups attached to an aromatic ring is 1. The molecule has 1 aliphatic rings. The molecule has 1 aliphatic carbocycles. The standard InChI is InChI=1S/C12H15F3N2O/c13-12(14,15)10-7-6-9(16)11(18)17(10)8-4-2-1-3-5-8/h6-8H,1-5,16H2. The van der Waals surface area contributed by atoms with E-state index in [-0.39, 0.29) is 11.7 Å². The van der Waals surface area contributed by atoms with Crippen LogP contribution in [-0.4, -0.2) is 4.57 Å². The molecule has 0 saturated heterocycles. The van der Waals surface area contributed by atoms with Gasteiger partial charge in [0.05, 0.1) is 5.69 Å². The number of nitrogens with two attached hydrogens (primary N) is 1. The molecule has 1 aromatic heterocycles. The van der Waals surface area contributed by atoms with Gasteiger partial charge in [-0.2, -0.15) is 13.2 Å². The summed E-state index contributed by atoms with van der Waals surface area (Å²) < 4.78 is 39.6. The molecule has 0 atom stereocenters. The van der Waals surface area contributed by atoms with Crippen molar-refractivity contribution in [2.75, 3.05) is 5.73 Å². The maximum Gasteiger partial charge on any atom is 0.431 e. The lowest BCUT2D eigenvalue weighted by Crippen LogP contribution is -2.33. The molecule has 0 radical (unpaired) electrons. The molecular weight excluding hydrogens is 245 g/mol. The Morgan fingerprint density at radius 1 is 1.17 bits per heavy atom. The molecule has 2 rings (SSSR count). The van der Waals surface area contributed by atoms with Gasteiger partial charge >= 0.3 is 6.18 Å². The van der Waals surface area contributed by atoms with Crippen LogP contribution in [-0.2, 0) is 6.18 Å². The van der Waals surface area contributed by atoms with Crippen LogP contribution in [0.15, 0.2) is 16.9 Å². The molecule has 1 saturated carbocycles. The third-order valence-electron chi connectivity index (χ3n) is 3.38. The van der Waals surface area contributed by atoms with E-state index in [0.29, 0.717) is 12.8 Å². The lowest BCUT2D eigenvalue weighted by atomic mass is 9.94. The second-order valence-electron chi connectivity index (χ2n) is 4.64. The van der Waals surface area contributed by atoms with Crippen LogP contribution in [0.2, 0.25) is 0 Å². The molecule has 0 aromatic carbocycles. The Bertz CT molecular complexity index is 487. The first-order chi connectivity index (χ1) is 8.41. The van der Waals surface area contributed by atoms with Crippen molar-refractivity contribution in [3.63, 3.8) is 0 Å². The van der Waals surface area contributed by atoms with Crippen molar-refractivity contribution in [1.29, 1.82) is 0 Å². The average molecular weight is 260 g/mol. The number of hydrogen-bond donors (Lipinski definition) is 1. The monoisotopic (exact) mass is 260 g/mol. The number of alkyl halides is 3. The van der Waals surface area contributed by atoms with E-state index in [9.17, 15) is 18.0 Å². The summed E-state index contributed by atoms with van der Waals surface area (Å²) in [6, 6.07) is 1.54. The summed E-state index contributed by atoms with van der Waals surface area (Å²) >= 11 is 0. The second kappa shape index (κ2) is 4.66. The molecule has 1 fully saturated rings. The summed E-state index contributed by atoms with van der Waals surface area (Å²) in [7, 11) is 0. The summed E-state index contributed by atoms with van der Waals surface area (Å²) in [6.07, 6.45) is -0.607. The first-order valence-corrected chi connectivity index (χ1v) is 5.99. The van der Waals surface area contributed by atoms with E-state index in [0.717, 1.165) is 36.0 Å². The minimum absolute atomic E-state index is 0.131. The SMILES string of the molecule is Nc1ccc(C(F)(F)F)n(C2CCCCC2)c1=O. The molecule has 0 amide bonds. The van der Waals surface area contributed by atoms with Gasteiger partial charge in [0.2, 0.25) is 0 Å². The van der Waals surface area contributed by atoms with Crippen molar-refractivity contribution in [2.45, 2.75) is 44.3 Å². The van der Waals surface area contributed by atoms with Crippen molar-refractivity contribution >= 4 is 5.69 Å². The molecule has 3 nitrogen and oxygen atoms in total. The largest absolute Gasteiger partial charge is 0.431 e. The highest BCUT2D eigenvalue weighted by molar-refractivity contribution is 5.36. The summed E-state index contributed by atoms with van der Waals surface area (Å²) in [6.45, 7) is 0. The van der Waals surface area contributed by atoms with Crippen LogP contribution < -0.4 is 11.3 Å². The van der Waals surface area contributed by atoms with Gasteiger partial charge in [-0.15, -0.1) is 0 Å². The topological polar surface area (TPSA) is 48.0 Å². The zero-order valence-corrected chi connectivity index (χ0v) is 9.83. The molecule has 18 heavy (non-hydrogen) atoms. The van der Waals surface area contributed by atoms with Crippen molar-refractivity contribution < 1.29 is 13.2 Å². The Kier molecular flexibility index (Phi) is 3.36. The van der Waals surface area contributed by atoms with Crippen molar-refractivity contribution in [3.8, 4) is 0 Å². The molecule has 0 spiro atoms. The lowest BCUT2D eigenvalue weighted by molar-refractivity contribution is -0.145. The van der Waals surface area contributed by atoms with Gasteiger partial charge in [-0.25, -0.2) is 0 Å². The van der Waals surface area contributed by atoms with Gasteiger partial charge in [0.1, 0.15) is 5.69 Å². The van der Waals surface area contributed by atoms with Crippen LogP contribution in [0.3, 0.4) is 0 Å². The highest BCUT2D eigenvalue weighted by Gasteiger charge is 2.36. The fraction of sp³-hybridized carbons (Fsp3) is 0.583. The third-order valence-corrected chi connectivity index (χ3v) is 3.38. The van der Waals surface area contributed by atoms with E-state index in [1.165, 1.54) is 0 Å². The Morgan fingerprint density at radius 3 is 2.33 bits per heavy atom. The Balaban J connectivity index is 2.54. The van der Waals surface area contributed by atoms with Gasteiger partial charge in [0, 0.05) is 6.04 Å². The lowest BCUT2D eigenvalue weighted by Gasteiger charge is -2.27. The van der Waals surface area contributed by atoms with Crippen LogP contribution in [0.4, 0.5) is 18.9 Å². The first-order valence-electron chi connectivity index (χ1n) is 5.99. The Morgan fingerprint density at radius 2 is 1.78 bits per heavy atom. The average Bonchev–Trinajstić information content (AvgIpc) is 2.32. The van der Waals surface area contributed by atoms with E-state index >= 15 is 0 Å². The maximum atomic E-state index is 12.9. The van der Waals surface area contributed by atoms with E-state index in [4.69, 9.17) is 5.73 Å². The number of halogens is 3. The second-order valence-corrected chi connectivity index (χ2v) is 4.64. The predicted molar refractivity (Wildman–Crippen MR) is 62.2 cm³/mol. The van der Waals surface area contributed by atoms with Gasteiger partial charge in [0.25, 0.3) is 5.56 Å². The number of anilines is 1. The van der Waals surface area contributed by atoms with Gasteiger partial charge in [-0.1, -0.05) is 19.3 Å². The molecule has 6 heteroatoms. The number of nitrogens with zero attached hydrogens (tertiary/aromatic N) is 1. The van der Waals surface area contributed by atoms with Gasteiger partial charge in [-0.3, -0.25) is 9.36 Å². The third kappa shape index (κ3) is 2.37. The minimum Gasteiger partial charge on any atom is -0.394 e. The fourth-order valence-corrected chi connectivity index (χ4v) is 2.50. The van der Waals surface area contributed by atoms with Gasteiger partial charge < -0.3 is 5.73 Å². The Hall–Kier alpha value is -1.46. The summed E-state index contributed by atoms with van der Waals surface area (Å²) in [5.74, 6) is 0. The number of hydrogen-bond acceptors (Lipinski definition) is 2. The summed E-state index contributed by atoms with van der Waals surface area (Å²) in [5.41, 5.74) is 3.69. The summed E-state index contributed by atoms with van der Waals surface area (Å²) in [5, 5.41) is 0. The quantitative estimate of drug-likeness (QED) is 0.843. The summed E-state index contributed by atoms with van der Waals surface area (Å²) in [4.78, 5) is 11.9. The van der Waals surface area contributed by atoms with Gasteiger partial charge in [0.15, 0.2) is 0 Å². The first kappa shape index (κ1) is 13.0.